The van der Waals surface area contributed by atoms with Crippen molar-refractivity contribution in [1.29, 1.82) is 0 Å². The van der Waals surface area contributed by atoms with E-state index in [1.807, 2.05) is 20.9 Å². The van der Waals surface area contributed by atoms with Crippen LogP contribution in [0.15, 0.2) is 11.6 Å². The van der Waals surface area contributed by atoms with Crippen LogP contribution in [0.4, 0.5) is 5.82 Å². The lowest BCUT2D eigenvalue weighted by Gasteiger charge is -2.21. The minimum atomic E-state index is 0.105. The van der Waals surface area contributed by atoms with Gasteiger partial charge in [0.05, 0.1) is 0 Å². The van der Waals surface area contributed by atoms with Crippen molar-refractivity contribution in [2.45, 2.75) is 13.3 Å². The van der Waals surface area contributed by atoms with Gasteiger partial charge in [-0.2, -0.15) is 0 Å². The van der Waals surface area contributed by atoms with Gasteiger partial charge in [-0.15, -0.1) is 11.3 Å². The van der Waals surface area contributed by atoms with Crippen LogP contribution in [0.3, 0.4) is 0 Å². The largest absolute Gasteiger partial charge is 0.353 e. The third-order valence-electron chi connectivity index (χ3n) is 3.63. The van der Waals surface area contributed by atoms with Gasteiger partial charge >= 0.3 is 0 Å². The third kappa shape index (κ3) is 2.18. The molecule has 0 spiro atoms. The zero-order chi connectivity index (χ0) is 14.1. The Morgan fingerprint density at radius 1 is 1.35 bits per heavy atom. The van der Waals surface area contributed by atoms with Gasteiger partial charge < -0.3 is 9.80 Å². The summed E-state index contributed by atoms with van der Waals surface area (Å²) in [5.41, 5.74) is 0.595. The molecule has 0 aliphatic carbocycles. The first kappa shape index (κ1) is 13.1. The van der Waals surface area contributed by atoms with Gasteiger partial charge in [0.2, 0.25) is 5.91 Å². The molecule has 0 N–H and O–H groups in total. The fourth-order valence-electron chi connectivity index (χ4n) is 2.58. The zero-order valence-corrected chi connectivity index (χ0v) is 12.1. The number of amides is 1. The molecule has 2 aromatic rings. The van der Waals surface area contributed by atoms with Crippen LogP contribution in [-0.2, 0) is 4.79 Å². The number of aldehydes is 1. The topological polar surface area (TPSA) is 57.9 Å². The van der Waals surface area contributed by atoms with E-state index >= 15 is 0 Å². The number of hydrogen-bond donors (Lipinski definition) is 0. The molecule has 3 heterocycles. The Labute approximate surface area is 120 Å². The van der Waals surface area contributed by atoms with Crippen molar-refractivity contribution in [3.8, 4) is 0 Å². The Morgan fingerprint density at radius 2 is 2.20 bits per heavy atom. The summed E-state index contributed by atoms with van der Waals surface area (Å²) in [6.07, 6.45) is 3.61. The van der Waals surface area contributed by atoms with Gasteiger partial charge in [0.15, 0.2) is 17.1 Å². The highest BCUT2D eigenvalue weighted by atomic mass is 32.1. The quantitative estimate of drug-likeness (QED) is 0.782. The predicted octanol–water partition coefficient (Wildman–Crippen LogP) is 1.27. The van der Waals surface area contributed by atoms with Crippen LogP contribution >= 0.6 is 11.3 Å². The SMILES string of the molecule is CC(=O)N1CCCN(c2nc3sccn3c2C=O)CC1. The molecule has 106 valence electrons. The van der Waals surface area contributed by atoms with Crippen LogP contribution in [0, 0.1) is 0 Å². The number of rotatable bonds is 2. The van der Waals surface area contributed by atoms with Crippen molar-refractivity contribution in [3.63, 3.8) is 0 Å². The van der Waals surface area contributed by atoms with Crippen molar-refractivity contribution < 1.29 is 9.59 Å². The summed E-state index contributed by atoms with van der Waals surface area (Å²) in [6.45, 7) is 4.57. The van der Waals surface area contributed by atoms with Crippen LogP contribution in [0.1, 0.15) is 23.8 Å². The van der Waals surface area contributed by atoms with Crippen LogP contribution in [-0.4, -0.2) is 52.7 Å². The second-order valence-corrected chi connectivity index (χ2v) is 5.71. The fourth-order valence-corrected chi connectivity index (χ4v) is 3.29. The molecule has 0 saturated carbocycles. The third-order valence-corrected chi connectivity index (χ3v) is 4.39. The maximum atomic E-state index is 11.5. The molecule has 20 heavy (non-hydrogen) atoms. The van der Waals surface area contributed by atoms with Gasteiger partial charge in [-0.05, 0) is 6.42 Å². The number of nitrogens with zero attached hydrogens (tertiary/aromatic N) is 4. The molecule has 0 radical (unpaired) electrons. The molecular formula is C13H16N4O2S. The minimum Gasteiger partial charge on any atom is -0.353 e. The van der Waals surface area contributed by atoms with Crippen molar-refractivity contribution in [1.82, 2.24) is 14.3 Å². The van der Waals surface area contributed by atoms with E-state index in [-0.39, 0.29) is 5.91 Å². The Morgan fingerprint density at radius 3 is 2.95 bits per heavy atom. The van der Waals surface area contributed by atoms with E-state index in [1.54, 1.807) is 6.92 Å². The smallest absolute Gasteiger partial charge is 0.219 e. The summed E-state index contributed by atoms with van der Waals surface area (Å²) in [7, 11) is 0. The van der Waals surface area contributed by atoms with E-state index in [9.17, 15) is 9.59 Å². The van der Waals surface area contributed by atoms with Gasteiger partial charge in [0, 0.05) is 44.7 Å². The summed E-state index contributed by atoms with van der Waals surface area (Å²) in [5.74, 6) is 0.838. The lowest BCUT2D eigenvalue weighted by atomic mass is 10.3. The van der Waals surface area contributed by atoms with Crippen molar-refractivity contribution in [2.24, 2.45) is 0 Å². The second kappa shape index (κ2) is 5.24. The van der Waals surface area contributed by atoms with E-state index < -0.39 is 0 Å². The number of fused-ring (bicyclic) bond motifs is 1. The monoisotopic (exact) mass is 292 g/mol. The predicted molar refractivity (Wildman–Crippen MR) is 77.5 cm³/mol. The molecule has 1 aliphatic heterocycles. The molecule has 2 aromatic heterocycles. The molecule has 3 rings (SSSR count). The van der Waals surface area contributed by atoms with Gasteiger partial charge in [0.25, 0.3) is 0 Å². The number of anilines is 1. The molecule has 0 unspecified atom stereocenters. The van der Waals surface area contributed by atoms with Crippen molar-refractivity contribution in [3.05, 3.63) is 17.3 Å². The summed E-state index contributed by atoms with van der Waals surface area (Å²) >= 11 is 1.51. The maximum absolute atomic E-state index is 11.5. The number of carbonyl (C=O) groups is 2. The molecule has 1 fully saturated rings. The standard InChI is InChI=1S/C13H16N4O2S/c1-10(19)15-3-2-4-16(6-5-15)12-11(9-18)17-7-8-20-13(17)14-12/h7-9H,2-6H2,1H3. The fraction of sp³-hybridized carbons (Fsp3) is 0.462. The molecule has 0 atom stereocenters. The molecule has 6 nitrogen and oxygen atoms in total. The average Bonchev–Trinajstić information content (AvgIpc) is 2.90. The maximum Gasteiger partial charge on any atom is 0.219 e. The molecular weight excluding hydrogens is 276 g/mol. The van der Waals surface area contributed by atoms with Gasteiger partial charge in [-0.3, -0.25) is 14.0 Å². The van der Waals surface area contributed by atoms with E-state index in [2.05, 4.69) is 9.88 Å². The zero-order valence-electron chi connectivity index (χ0n) is 11.3. The summed E-state index contributed by atoms with van der Waals surface area (Å²) in [5, 5.41) is 1.92. The molecule has 1 saturated heterocycles. The van der Waals surface area contributed by atoms with E-state index in [4.69, 9.17) is 0 Å². The van der Waals surface area contributed by atoms with Crippen LogP contribution < -0.4 is 4.90 Å². The summed E-state index contributed by atoms with van der Waals surface area (Å²) < 4.78 is 1.82. The van der Waals surface area contributed by atoms with Gasteiger partial charge in [-0.25, -0.2) is 4.98 Å². The first-order chi connectivity index (χ1) is 9.70. The summed E-state index contributed by atoms with van der Waals surface area (Å²) in [6, 6.07) is 0. The lowest BCUT2D eigenvalue weighted by molar-refractivity contribution is -0.128. The van der Waals surface area contributed by atoms with Crippen LogP contribution in [0.2, 0.25) is 0 Å². The average molecular weight is 292 g/mol. The molecule has 7 heteroatoms. The molecule has 0 bridgehead atoms. The van der Waals surface area contributed by atoms with E-state index in [0.717, 1.165) is 36.6 Å². The number of imidazole rings is 1. The van der Waals surface area contributed by atoms with E-state index in [0.29, 0.717) is 18.8 Å². The minimum absolute atomic E-state index is 0.105. The van der Waals surface area contributed by atoms with Crippen molar-refractivity contribution in [2.75, 3.05) is 31.1 Å². The Kier molecular flexibility index (Phi) is 3.43. The van der Waals surface area contributed by atoms with Gasteiger partial charge in [0.1, 0.15) is 5.69 Å². The van der Waals surface area contributed by atoms with E-state index in [1.165, 1.54) is 11.3 Å². The molecule has 0 aromatic carbocycles. The highest BCUT2D eigenvalue weighted by Crippen LogP contribution is 2.24. The normalized spacial score (nSPS) is 16.4. The first-order valence-corrected chi connectivity index (χ1v) is 7.50. The molecule has 1 amide bonds. The molecule has 1 aliphatic rings. The van der Waals surface area contributed by atoms with Crippen LogP contribution in [0.25, 0.3) is 4.96 Å². The number of carbonyl (C=O) groups excluding carboxylic acids is 2. The Bertz CT molecular complexity index is 648. The number of aromatic nitrogens is 2. The highest BCUT2D eigenvalue weighted by Gasteiger charge is 2.22. The number of hydrogen-bond acceptors (Lipinski definition) is 5. The Hall–Kier alpha value is -1.89. The second-order valence-electron chi connectivity index (χ2n) is 4.84. The van der Waals surface area contributed by atoms with Crippen LogP contribution in [0.5, 0.6) is 0 Å². The summed E-state index contributed by atoms with van der Waals surface area (Å²) in [4.78, 5) is 32.1. The Balaban J connectivity index is 1.89. The van der Waals surface area contributed by atoms with Gasteiger partial charge in [-0.1, -0.05) is 0 Å². The van der Waals surface area contributed by atoms with Crippen molar-refractivity contribution >= 4 is 34.3 Å². The lowest BCUT2D eigenvalue weighted by Crippen LogP contribution is -2.34. The first-order valence-electron chi connectivity index (χ1n) is 6.62. The number of thiazole rings is 1. The highest BCUT2D eigenvalue weighted by molar-refractivity contribution is 7.15.